The van der Waals surface area contributed by atoms with Crippen LogP contribution in [-0.4, -0.2) is 40.6 Å². The van der Waals surface area contributed by atoms with E-state index in [-0.39, 0.29) is 11.8 Å². The van der Waals surface area contributed by atoms with Crippen molar-refractivity contribution >= 4 is 23.3 Å². The predicted octanol–water partition coefficient (Wildman–Crippen LogP) is 3.11. The van der Waals surface area contributed by atoms with Crippen LogP contribution < -0.4 is 10.2 Å². The van der Waals surface area contributed by atoms with E-state index < -0.39 is 0 Å². The van der Waals surface area contributed by atoms with E-state index in [0.29, 0.717) is 31.6 Å². The number of piperidine rings is 1. The van der Waals surface area contributed by atoms with Gasteiger partial charge in [-0.1, -0.05) is 43.3 Å². The molecule has 2 aliphatic heterocycles. The number of amides is 2. The summed E-state index contributed by atoms with van der Waals surface area (Å²) < 4.78 is 0. The van der Waals surface area contributed by atoms with Gasteiger partial charge in [0.2, 0.25) is 5.91 Å². The van der Waals surface area contributed by atoms with Crippen molar-refractivity contribution in [3.05, 3.63) is 59.8 Å². The minimum absolute atomic E-state index is 0.0627. The monoisotopic (exact) mass is 419 g/mol. The number of rotatable bonds is 6. The zero-order chi connectivity index (χ0) is 21.6. The van der Waals surface area contributed by atoms with Gasteiger partial charge in [-0.05, 0) is 36.0 Å². The predicted molar refractivity (Wildman–Crippen MR) is 120 cm³/mol. The quantitative estimate of drug-likeness (QED) is 0.780. The Morgan fingerprint density at radius 2 is 1.84 bits per heavy atom. The molecule has 2 aliphatic rings. The van der Waals surface area contributed by atoms with Crippen LogP contribution in [0.15, 0.2) is 53.8 Å². The zero-order valence-electron chi connectivity index (χ0n) is 18.0. The van der Waals surface area contributed by atoms with Gasteiger partial charge in [-0.2, -0.15) is 5.10 Å². The van der Waals surface area contributed by atoms with Gasteiger partial charge in [-0.3, -0.25) is 9.59 Å². The molecule has 0 spiro atoms. The van der Waals surface area contributed by atoms with E-state index in [1.807, 2.05) is 48.7 Å². The van der Waals surface area contributed by atoms with Crippen LogP contribution in [-0.2, 0) is 22.7 Å². The second kappa shape index (κ2) is 9.73. The summed E-state index contributed by atoms with van der Waals surface area (Å²) in [7, 11) is 0. The standard InChI is InChI=1S/C24H29N5O2/c1-18-11-13-28(14-12-18)22-9-7-20(15-25-22)16-26-24(31)21-8-10-23(30)29(27-21)17-19-5-3-2-4-6-19/h2-7,9,15,18H,8,10-14,16-17H2,1H3,(H,26,31). The maximum absolute atomic E-state index is 12.6. The topological polar surface area (TPSA) is 77.9 Å². The summed E-state index contributed by atoms with van der Waals surface area (Å²) in [5, 5.41) is 8.62. The van der Waals surface area contributed by atoms with Gasteiger partial charge in [-0.15, -0.1) is 0 Å². The first kappa shape index (κ1) is 21.0. The Kier molecular flexibility index (Phi) is 6.60. The van der Waals surface area contributed by atoms with Crippen LogP contribution in [0.5, 0.6) is 0 Å². The molecule has 0 unspecified atom stereocenters. The van der Waals surface area contributed by atoms with Crippen molar-refractivity contribution in [2.24, 2.45) is 11.0 Å². The maximum Gasteiger partial charge on any atom is 0.267 e. The molecule has 4 rings (SSSR count). The molecular formula is C24H29N5O2. The van der Waals surface area contributed by atoms with Crippen molar-refractivity contribution in [2.45, 2.75) is 45.7 Å². The van der Waals surface area contributed by atoms with Crippen LogP contribution in [0, 0.1) is 5.92 Å². The van der Waals surface area contributed by atoms with Gasteiger partial charge in [0.25, 0.3) is 5.91 Å². The third-order valence-corrected chi connectivity index (χ3v) is 5.91. The molecule has 0 bridgehead atoms. The van der Waals surface area contributed by atoms with Crippen molar-refractivity contribution in [3.8, 4) is 0 Å². The fourth-order valence-electron chi connectivity index (χ4n) is 3.88. The Morgan fingerprint density at radius 1 is 1.06 bits per heavy atom. The largest absolute Gasteiger partial charge is 0.357 e. The van der Waals surface area contributed by atoms with E-state index >= 15 is 0 Å². The summed E-state index contributed by atoms with van der Waals surface area (Å²) in [5.74, 6) is 1.48. The summed E-state index contributed by atoms with van der Waals surface area (Å²) >= 11 is 0. The number of hydrogen-bond acceptors (Lipinski definition) is 5. The number of hydrazone groups is 1. The molecule has 3 heterocycles. The minimum Gasteiger partial charge on any atom is -0.357 e. The molecule has 162 valence electrons. The number of carbonyl (C=O) groups excluding carboxylic acids is 2. The van der Waals surface area contributed by atoms with Gasteiger partial charge < -0.3 is 10.2 Å². The molecule has 0 aliphatic carbocycles. The SMILES string of the molecule is CC1CCN(c2ccc(CNC(=O)C3=NN(Cc4ccccc4)C(=O)CC3)cn2)CC1. The normalized spacial score (nSPS) is 17.5. The van der Waals surface area contributed by atoms with Gasteiger partial charge in [-0.25, -0.2) is 9.99 Å². The van der Waals surface area contributed by atoms with Gasteiger partial charge in [0.15, 0.2) is 0 Å². The first-order valence-electron chi connectivity index (χ1n) is 11.0. The molecule has 1 N–H and O–H groups in total. The highest BCUT2D eigenvalue weighted by molar-refractivity contribution is 6.39. The molecule has 7 heteroatoms. The average Bonchev–Trinajstić information content (AvgIpc) is 2.80. The van der Waals surface area contributed by atoms with E-state index in [0.717, 1.165) is 36.0 Å². The molecule has 0 radical (unpaired) electrons. The molecule has 1 fully saturated rings. The number of aromatic nitrogens is 1. The lowest BCUT2D eigenvalue weighted by atomic mass is 9.99. The van der Waals surface area contributed by atoms with Gasteiger partial charge in [0.05, 0.1) is 6.54 Å². The third-order valence-electron chi connectivity index (χ3n) is 5.91. The molecule has 2 amide bonds. The molecular weight excluding hydrogens is 390 g/mol. The van der Waals surface area contributed by atoms with Crippen LogP contribution in [0.3, 0.4) is 0 Å². The Bertz CT molecular complexity index is 934. The molecule has 1 aromatic heterocycles. The Labute approximate surface area is 183 Å². The van der Waals surface area contributed by atoms with E-state index in [4.69, 9.17) is 0 Å². The molecule has 2 aromatic rings. The molecule has 0 saturated carbocycles. The van der Waals surface area contributed by atoms with Crippen LogP contribution in [0.4, 0.5) is 5.82 Å². The minimum atomic E-state index is -0.236. The highest BCUT2D eigenvalue weighted by Gasteiger charge is 2.24. The fourth-order valence-corrected chi connectivity index (χ4v) is 3.88. The Balaban J connectivity index is 1.32. The molecule has 7 nitrogen and oxygen atoms in total. The number of benzene rings is 1. The second-order valence-corrected chi connectivity index (χ2v) is 8.36. The first-order chi connectivity index (χ1) is 15.1. The lowest BCUT2D eigenvalue weighted by molar-refractivity contribution is -0.132. The Morgan fingerprint density at radius 3 is 2.55 bits per heavy atom. The van der Waals surface area contributed by atoms with E-state index in [2.05, 4.69) is 27.2 Å². The van der Waals surface area contributed by atoms with Crippen molar-refractivity contribution in [2.75, 3.05) is 18.0 Å². The van der Waals surface area contributed by atoms with Gasteiger partial charge >= 0.3 is 0 Å². The van der Waals surface area contributed by atoms with Crippen LogP contribution in [0.25, 0.3) is 0 Å². The smallest absolute Gasteiger partial charge is 0.267 e. The van der Waals surface area contributed by atoms with Crippen molar-refractivity contribution in [3.63, 3.8) is 0 Å². The van der Waals surface area contributed by atoms with Crippen molar-refractivity contribution in [1.29, 1.82) is 0 Å². The molecule has 31 heavy (non-hydrogen) atoms. The molecule has 0 atom stereocenters. The van der Waals surface area contributed by atoms with Crippen LogP contribution >= 0.6 is 0 Å². The number of pyridine rings is 1. The number of anilines is 1. The number of nitrogens with zero attached hydrogens (tertiary/aromatic N) is 4. The summed E-state index contributed by atoms with van der Waals surface area (Å²) in [6.07, 6.45) is 4.88. The summed E-state index contributed by atoms with van der Waals surface area (Å²) in [6.45, 7) is 5.14. The molecule has 1 aromatic carbocycles. The van der Waals surface area contributed by atoms with Gasteiger partial charge in [0.1, 0.15) is 11.5 Å². The highest BCUT2D eigenvalue weighted by Crippen LogP contribution is 2.21. The fraction of sp³-hybridized carbons (Fsp3) is 0.417. The highest BCUT2D eigenvalue weighted by atomic mass is 16.2. The second-order valence-electron chi connectivity index (χ2n) is 8.36. The number of carbonyl (C=O) groups is 2. The van der Waals surface area contributed by atoms with Crippen molar-refractivity contribution < 1.29 is 9.59 Å². The van der Waals surface area contributed by atoms with Gasteiger partial charge in [0, 0.05) is 38.7 Å². The first-order valence-corrected chi connectivity index (χ1v) is 11.0. The third kappa shape index (κ3) is 5.48. The average molecular weight is 420 g/mol. The van der Waals surface area contributed by atoms with E-state index in [9.17, 15) is 9.59 Å². The summed E-state index contributed by atoms with van der Waals surface area (Å²) in [6, 6.07) is 13.7. The van der Waals surface area contributed by atoms with Crippen LogP contribution in [0.1, 0.15) is 43.7 Å². The molecule has 1 saturated heterocycles. The van der Waals surface area contributed by atoms with Crippen LogP contribution in [0.2, 0.25) is 0 Å². The zero-order valence-corrected chi connectivity index (χ0v) is 18.0. The number of nitrogens with one attached hydrogen (secondary N) is 1. The maximum atomic E-state index is 12.6. The van der Waals surface area contributed by atoms with E-state index in [1.54, 1.807) is 0 Å². The lowest BCUT2D eigenvalue weighted by Gasteiger charge is -2.31. The Hall–Kier alpha value is -3.22. The summed E-state index contributed by atoms with van der Waals surface area (Å²) in [5.41, 5.74) is 2.31. The number of hydrogen-bond donors (Lipinski definition) is 1. The van der Waals surface area contributed by atoms with Crippen molar-refractivity contribution in [1.82, 2.24) is 15.3 Å². The van der Waals surface area contributed by atoms with E-state index in [1.165, 1.54) is 17.9 Å². The lowest BCUT2D eigenvalue weighted by Crippen LogP contribution is -2.38. The summed E-state index contributed by atoms with van der Waals surface area (Å²) in [4.78, 5) is 31.7.